The molecular formula is C23H23F4N5O4S. The van der Waals surface area contributed by atoms with E-state index in [-0.39, 0.29) is 17.8 Å². The van der Waals surface area contributed by atoms with Gasteiger partial charge in [-0.05, 0) is 32.4 Å². The summed E-state index contributed by atoms with van der Waals surface area (Å²) in [4.78, 5) is 40.8. The van der Waals surface area contributed by atoms with Crippen molar-refractivity contribution in [2.24, 2.45) is 0 Å². The van der Waals surface area contributed by atoms with Gasteiger partial charge in [0.1, 0.15) is 11.6 Å². The number of alkyl halides is 3. The molecule has 1 N–H and O–H groups in total. The number of aryl methyl sites for hydroxylation is 1. The number of fused-ring (bicyclic) bond motifs is 2. The summed E-state index contributed by atoms with van der Waals surface area (Å²) >= 11 is 1.51. The summed E-state index contributed by atoms with van der Waals surface area (Å²) in [6.07, 6.45) is -3.48. The van der Waals surface area contributed by atoms with Crippen LogP contribution < -0.4 is 11.1 Å². The Balaban J connectivity index is 0.000000405. The number of carboxylic acid groups (broad SMARTS) is 1. The van der Waals surface area contributed by atoms with E-state index in [2.05, 4.69) is 15.0 Å². The molecule has 2 aliphatic rings. The Morgan fingerprint density at radius 3 is 2.43 bits per heavy atom. The zero-order chi connectivity index (χ0) is 27.0. The number of rotatable bonds is 4. The number of likely N-dealkylation sites (tertiary alicyclic amines) is 1. The molecule has 5 rings (SSSR count). The van der Waals surface area contributed by atoms with E-state index in [1.54, 1.807) is 12.1 Å². The highest BCUT2D eigenvalue weighted by atomic mass is 32.1. The molecule has 0 bridgehead atoms. The SMILES string of the molecule is Cc1nc(Cn2nc3n(c(=O)c2=O)CCC32CCN(Cc3ccccc3F)C2)cs1.O=C(O)C(F)(F)F. The van der Waals surface area contributed by atoms with Gasteiger partial charge in [-0.2, -0.15) is 18.3 Å². The molecule has 3 aromatic rings. The predicted octanol–water partition coefficient (Wildman–Crippen LogP) is 2.54. The van der Waals surface area contributed by atoms with Crippen molar-refractivity contribution in [3.8, 4) is 0 Å². The summed E-state index contributed by atoms with van der Waals surface area (Å²) in [7, 11) is 0. The summed E-state index contributed by atoms with van der Waals surface area (Å²) in [5.41, 5.74) is -0.00499. The van der Waals surface area contributed by atoms with Gasteiger partial charge in [-0.3, -0.25) is 19.1 Å². The first-order chi connectivity index (χ1) is 17.4. The molecule has 0 radical (unpaired) electrons. The molecular weight excluding hydrogens is 518 g/mol. The number of hydrogen-bond donors (Lipinski definition) is 1. The molecule has 1 spiro atoms. The Morgan fingerprint density at radius 1 is 1.14 bits per heavy atom. The monoisotopic (exact) mass is 541 g/mol. The van der Waals surface area contributed by atoms with Crippen molar-refractivity contribution >= 4 is 17.3 Å². The number of aromatic nitrogens is 4. The Hall–Kier alpha value is -3.39. The molecule has 9 nitrogen and oxygen atoms in total. The van der Waals surface area contributed by atoms with E-state index in [1.165, 1.54) is 26.7 Å². The van der Waals surface area contributed by atoms with Gasteiger partial charge in [-0.15, -0.1) is 11.3 Å². The molecule has 1 unspecified atom stereocenters. The van der Waals surface area contributed by atoms with Crippen molar-refractivity contribution in [3.05, 3.63) is 78.3 Å². The summed E-state index contributed by atoms with van der Waals surface area (Å²) in [5.74, 6) is -2.28. The van der Waals surface area contributed by atoms with Crippen LogP contribution in [0.25, 0.3) is 0 Å². The second kappa shape index (κ2) is 10.2. The van der Waals surface area contributed by atoms with Crippen molar-refractivity contribution in [1.82, 2.24) is 24.2 Å². The molecule has 1 atom stereocenters. The lowest BCUT2D eigenvalue weighted by atomic mass is 9.85. The molecule has 2 aromatic heterocycles. The minimum atomic E-state index is -5.08. The third-order valence-electron chi connectivity index (χ3n) is 6.43. The van der Waals surface area contributed by atoms with E-state index >= 15 is 0 Å². The fourth-order valence-corrected chi connectivity index (χ4v) is 5.27. The van der Waals surface area contributed by atoms with Gasteiger partial charge in [0.15, 0.2) is 0 Å². The number of aliphatic carboxylic acids is 1. The van der Waals surface area contributed by atoms with Crippen LogP contribution in [0.15, 0.2) is 39.2 Å². The second-order valence-electron chi connectivity index (χ2n) is 8.99. The van der Waals surface area contributed by atoms with Crippen molar-refractivity contribution in [3.63, 3.8) is 0 Å². The van der Waals surface area contributed by atoms with Crippen LogP contribution in [0.3, 0.4) is 0 Å². The summed E-state index contributed by atoms with van der Waals surface area (Å²) < 4.78 is 48.6. The Labute approximate surface area is 211 Å². The Bertz CT molecular complexity index is 1430. The molecule has 14 heteroatoms. The minimum absolute atomic E-state index is 0.196. The molecule has 0 saturated carbocycles. The fraction of sp³-hybridized carbons (Fsp3) is 0.435. The van der Waals surface area contributed by atoms with Crippen LogP contribution in [-0.2, 0) is 29.8 Å². The quantitative estimate of drug-likeness (QED) is 0.399. The van der Waals surface area contributed by atoms with E-state index in [1.807, 2.05) is 18.4 Å². The average Bonchev–Trinajstić information content (AvgIpc) is 3.53. The van der Waals surface area contributed by atoms with Gasteiger partial charge < -0.3 is 5.11 Å². The van der Waals surface area contributed by atoms with Crippen molar-refractivity contribution < 1.29 is 27.5 Å². The number of nitrogens with zero attached hydrogens (tertiary/aromatic N) is 5. The lowest BCUT2D eigenvalue weighted by Gasteiger charge is -2.24. The minimum Gasteiger partial charge on any atom is -0.475 e. The van der Waals surface area contributed by atoms with Crippen molar-refractivity contribution in [2.75, 3.05) is 13.1 Å². The largest absolute Gasteiger partial charge is 0.490 e. The number of carbonyl (C=O) groups is 1. The van der Waals surface area contributed by atoms with Gasteiger partial charge in [-0.25, -0.2) is 18.9 Å². The molecule has 0 aliphatic carbocycles. The molecule has 4 heterocycles. The van der Waals surface area contributed by atoms with Crippen LogP contribution in [0, 0.1) is 12.7 Å². The van der Waals surface area contributed by atoms with Crippen LogP contribution in [0.4, 0.5) is 17.6 Å². The zero-order valence-corrected chi connectivity index (χ0v) is 20.5. The Morgan fingerprint density at radius 2 is 1.81 bits per heavy atom. The maximum atomic E-state index is 14.1. The summed E-state index contributed by atoms with van der Waals surface area (Å²) in [5, 5.41) is 14.6. The van der Waals surface area contributed by atoms with Gasteiger partial charge in [0, 0.05) is 36.0 Å². The molecule has 37 heavy (non-hydrogen) atoms. The highest BCUT2D eigenvalue weighted by Gasteiger charge is 2.47. The number of hydrogen-bond acceptors (Lipinski definition) is 7. The fourth-order valence-electron chi connectivity index (χ4n) is 4.66. The lowest BCUT2D eigenvalue weighted by Crippen LogP contribution is -2.45. The maximum Gasteiger partial charge on any atom is 0.490 e. The smallest absolute Gasteiger partial charge is 0.475 e. The van der Waals surface area contributed by atoms with Crippen LogP contribution >= 0.6 is 11.3 Å². The third-order valence-corrected chi connectivity index (χ3v) is 7.25. The Kier molecular flexibility index (Phi) is 7.33. The number of benzene rings is 1. The first-order valence-corrected chi connectivity index (χ1v) is 12.2. The normalized spacial score (nSPS) is 19.1. The van der Waals surface area contributed by atoms with Crippen molar-refractivity contribution in [2.45, 2.75) is 51.0 Å². The van der Waals surface area contributed by atoms with E-state index < -0.39 is 23.3 Å². The second-order valence-corrected chi connectivity index (χ2v) is 10.0. The number of carboxylic acids is 1. The lowest BCUT2D eigenvalue weighted by molar-refractivity contribution is -0.192. The predicted molar refractivity (Wildman–Crippen MR) is 125 cm³/mol. The molecule has 0 amide bonds. The topological polar surface area (TPSA) is 110 Å². The molecule has 1 aromatic carbocycles. The molecule has 198 valence electrons. The number of thiazole rings is 1. The third kappa shape index (κ3) is 5.64. The molecule has 1 fully saturated rings. The van der Waals surface area contributed by atoms with Crippen molar-refractivity contribution in [1.29, 1.82) is 0 Å². The highest BCUT2D eigenvalue weighted by molar-refractivity contribution is 7.09. The number of halogens is 4. The van der Waals surface area contributed by atoms with E-state index in [9.17, 15) is 27.2 Å². The zero-order valence-electron chi connectivity index (χ0n) is 19.7. The average molecular weight is 542 g/mol. The van der Waals surface area contributed by atoms with Crippen LogP contribution in [0.2, 0.25) is 0 Å². The first-order valence-electron chi connectivity index (χ1n) is 11.3. The standard InChI is InChI=1S/C21H22FN5O2S.C2HF3O2/c1-14-23-16(12-30-14)11-27-19(29)18(28)26-9-7-21(20(26)24-27)6-8-25(13-21)10-15-4-2-3-5-17(15)22;3-2(4,5)1(6)7/h2-5,12H,6-11,13H2,1H3;(H,6,7). The summed E-state index contributed by atoms with van der Waals surface area (Å²) in [6, 6.07) is 6.82. The van der Waals surface area contributed by atoms with Crippen LogP contribution in [0.5, 0.6) is 0 Å². The van der Waals surface area contributed by atoms with Crippen LogP contribution in [-0.4, -0.2) is 54.6 Å². The maximum absolute atomic E-state index is 14.1. The van der Waals surface area contributed by atoms with Crippen LogP contribution in [0.1, 0.15) is 34.9 Å². The van der Waals surface area contributed by atoms with E-state index in [0.29, 0.717) is 31.0 Å². The van der Waals surface area contributed by atoms with Gasteiger partial charge in [0.25, 0.3) is 0 Å². The first kappa shape index (κ1) is 26.7. The van der Waals surface area contributed by atoms with Gasteiger partial charge in [-0.1, -0.05) is 18.2 Å². The highest BCUT2D eigenvalue weighted by Crippen LogP contribution is 2.40. The van der Waals surface area contributed by atoms with E-state index in [4.69, 9.17) is 9.90 Å². The van der Waals surface area contributed by atoms with E-state index in [0.717, 1.165) is 30.1 Å². The molecule has 1 saturated heterocycles. The summed E-state index contributed by atoms with van der Waals surface area (Å²) in [6.45, 7) is 4.62. The molecule has 2 aliphatic heterocycles. The van der Waals surface area contributed by atoms with Gasteiger partial charge in [0.2, 0.25) is 0 Å². The van der Waals surface area contributed by atoms with Gasteiger partial charge in [0.05, 0.1) is 17.2 Å². The van der Waals surface area contributed by atoms with Gasteiger partial charge >= 0.3 is 23.3 Å².